The van der Waals surface area contributed by atoms with Crippen molar-refractivity contribution in [3.8, 4) is 0 Å². The van der Waals surface area contributed by atoms with Crippen LogP contribution in [-0.4, -0.2) is 45.3 Å². The Morgan fingerprint density at radius 1 is 1.25 bits per heavy atom. The van der Waals surface area contributed by atoms with Gasteiger partial charge < -0.3 is 15.0 Å². The van der Waals surface area contributed by atoms with E-state index in [2.05, 4.69) is 55.4 Å². The fourth-order valence-electron chi connectivity index (χ4n) is 2.37. The average molecular weight is 278 g/mol. The van der Waals surface area contributed by atoms with Gasteiger partial charge in [0.25, 0.3) is 0 Å². The highest BCUT2D eigenvalue weighted by Gasteiger charge is 2.13. The van der Waals surface area contributed by atoms with Gasteiger partial charge in [0.1, 0.15) is 0 Å². The van der Waals surface area contributed by atoms with E-state index in [9.17, 15) is 0 Å². The molecular weight excluding hydrogens is 248 g/mol. The average Bonchev–Trinajstić information content (AvgIpc) is 2.46. The van der Waals surface area contributed by atoms with Crippen molar-refractivity contribution < 1.29 is 4.74 Å². The topological polar surface area (TPSA) is 24.5 Å². The summed E-state index contributed by atoms with van der Waals surface area (Å²) in [6.07, 6.45) is 2.30. The molecule has 0 spiro atoms. The van der Waals surface area contributed by atoms with Gasteiger partial charge in [-0.25, -0.2) is 0 Å². The Morgan fingerprint density at radius 3 is 2.65 bits per heavy atom. The van der Waals surface area contributed by atoms with Crippen LogP contribution in [0.25, 0.3) is 0 Å². The van der Waals surface area contributed by atoms with E-state index in [-0.39, 0.29) is 0 Å². The fraction of sp³-hybridized carbons (Fsp3) is 0.647. The van der Waals surface area contributed by atoms with Crippen LogP contribution in [0.2, 0.25) is 0 Å². The lowest BCUT2D eigenvalue weighted by Crippen LogP contribution is -2.30. The normalized spacial score (nSPS) is 12.8. The monoisotopic (exact) mass is 278 g/mol. The molecule has 0 amide bonds. The molecule has 1 aromatic carbocycles. The molecule has 1 rings (SSSR count). The van der Waals surface area contributed by atoms with E-state index >= 15 is 0 Å². The van der Waals surface area contributed by atoms with E-state index < -0.39 is 0 Å². The minimum Gasteiger partial charge on any atom is -0.383 e. The molecule has 0 saturated heterocycles. The first-order chi connectivity index (χ1) is 9.69. The van der Waals surface area contributed by atoms with Crippen molar-refractivity contribution in [1.29, 1.82) is 0 Å². The second kappa shape index (κ2) is 9.92. The van der Waals surface area contributed by atoms with Gasteiger partial charge in [-0.2, -0.15) is 0 Å². The van der Waals surface area contributed by atoms with Crippen molar-refractivity contribution in [1.82, 2.24) is 10.2 Å². The van der Waals surface area contributed by atoms with Crippen LogP contribution in [0.5, 0.6) is 0 Å². The van der Waals surface area contributed by atoms with Crippen molar-refractivity contribution in [3.05, 3.63) is 35.4 Å². The molecule has 1 aromatic rings. The zero-order chi connectivity index (χ0) is 14.8. The molecule has 1 atom stereocenters. The van der Waals surface area contributed by atoms with Crippen molar-refractivity contribution >= 4 is 0 Å². The number of hydrogen-bond acceptors (Lipinski definition) is 3. The van der Waals surface area contributed by atoms with Crippen LogP contribution in [0.15, 0.2) is 24.3 Å². The lowest BCUT2D eigenvalue weighted by molar-refractivity contribution is 0.158. The molecule has 0 fully saturated rings. The summed E-state index contributed by atoms with van der Waals surface area (Å²) in [7, 11) is 3.92. The Morgan fingerprint density at radius 2 is 2.00 bits per heavy atom. The first-order valence-electron chi connectivity index (χ1n) is 7.65. The van der Waals surface area contributed by atoms with Crippen molar-refractivity contribution in [2.24, 2.45) is 0 Å². The van der Waals surface area contributed by atoms with Gasteiger partial charge in [0.15, 0.2) is 0 Å². The summed E-state index contributed by atoms with van der Waals surface area (Å²) >= 11 is 0. The van der Waals surface area contributed by atoms with E-state index in [1.807, 2.05) is 0 Å². The summed E-state index contributed by atoms with van der Waals surface area (Å²) in [5.74, 6) is 0. The minimum absolute atomic E-state index is 0.446. The Bertz CT molecular complexity index is 368. The summed E-state index contributed by atoms with van der Waals surface area (Å²) < 4.78 is 5.13. The van der Waals surface area contributed by atoms with Gasteiger partial charge in [-0.05, 0) is 51.0 Å². The van der Waals surface area contributed by atoms with Crippen molar-refractivity contribution in [2.45, 2.75) is 32.7 Å². The Labute approximate surface area is 124 Å². The molecule has 20 heavy (non-hydrogen) atoms. The molecule has 3 heteroatoms. The predicted octanol–water partition coefficient (Wildman–Crippen LogP) is 3.00. The van der Waals surface area contributed by atoms with Gasteiger partial charge >= 0.3 is 0 Å². The van der Waals surface area contributed by atoms with E-state index in [4.69, 9.17) is 4.74 Å². The fourth-order valence-corrected chi connectivity index (χ4v) is 2.37. The molecule has 0 aliphatic rings. The zero-order valence-corrected chi connectivity index (χ0v) is 13.5. The summed E-state index contributed by atoms with van der Waals surface area (Å²) in [5.41, 5.74) is 2.81. The Kier molecular flexibility index (Phi) is 8.51. The predicted molar refractivity (Wildman–Crippen MR) is 86.2 cm³/mol. The van der Waals surface area contributed by atoms with Gasteiger partial charge in [-0.15, -0.1) is 0 Å². The molecular formula is C17H30N2O. The lowest BCUT2D eigenvalue weighted by atomic mass is 9.98. The molecule has 1 unspecified atom stereocenters. The third-order valence-corrected chi connectivity index (χ3v) is 3.68. The van der Waals surface area contributed by atoms with Crippen LogP contribution in [0, 0.1) is 6.92 Å². The van der Waals surface area contributed by atoms with Crippen LogP contribution < -0.4 is 5.32 Å². The lowest BCUT2D eigenvalue weighted by Gasteiger charge is -2.24. The largest absolute Gasteiger partial charge is 0.383 e. The van der Waals surface area contributed by atoms with Crippen molar-refractivity contribution in [3.63, 3.8) is 0 Å². The maximum atomic E-state index is 5.13. The third-order valence-electron chi connectivity index (χ3n) is 3.68. The van der Waals surface area contributed by atoms with Crippen LogP contribution in [0.1, 0.15) is 36.9 Å². The van der Waals surface area contributed by atoms with E-state index in [0.717, 1.165) is 32.7 Å². The first-order valence-corrected chi connectivity index (χ1v) is 7.65. The molecule has 1 N–H and O–H groups in total. The second-order valence-electron chi connectivity index (χ2n) is 5.45. The number of hydrogen-bond donors (Lipinski definition) is 1. The zero-order valence-electron chi connectivity index (χ0n) is 13.5. The second-order valence-corrected chi connectivity index (χ2v) is 5.45. The molecule has 0 radical (unpaired) electrons. The van der Waals surface area contributed by atoms with E-state index in [1.54, 1.807) is 7.11 Å². The van der Waals surface area contributed by atoms with Crippen LogP contribution in [0.3, 0.4) is 0 Å². The van der Waals surface area contributed by atoms with Crippen LogP contribution in [-0.2, 0) is 4.74 Å². The molecule has 3 nitrogen and oxygen atoms in total. The quantitative estimate of drug-likeness (QED) is 0.712. The molecule has 114 valence electrons. The van der Waals surface area contributed by atoms with Crippen molar-refractivity contribution in [2.75, 3.05) is 40.4 Å². The highest BCUT2D eigenvalue weighted by atomic mass is 16.5. The summed E-state index contributed by atoms with van der Waals surface area (Å²) in [5, 5.41) is 3.68. The Balaban J connectivity index is 2.58. The SMILES string of the molecule is CCCNC(CCN(C)CCOC)c1ccccc1C. The summed E-state index contributed by atoms with van der Waals surface area (Å²) in [4.78, 5) is 2.34. The smallest absolute Gasteiger partial charge is 0.0589 e. The number of benzene rings is 1. The van der Waals surface area contributed by atoms with Crippen LogP contribution in [0.4, 0.5) is 0 Å². The maximum Gasteiger partial charge on any atom is 0.0589 e. The number of aryl methyl sites for hydroxylation is 1. The number of nitrogens with zero attached hydrogens (tertiary/aromatic N) is 1. The molecule has 0 bridgehead atoms. The molecule has 0 aromatic heterocycles. The molecule has 0 aliphatic heterocycles. The molecule has 0 aliphatic carbocycles. The van der Waals surface area contributed by atoms with Gasteiger partial charge in [-0.3, -0.25) is 0 Å². The standard InChI is InChI=1S/C17H30N2O/c1-5-11-18-17(10-12-19(3)13-14-20-4)16-9-7-6-8-15(16)2/h6-9,17-18H,5,10-14H2,1-4H3. The van der Waals surface area contributed by atoms with Gasteiger partial charge in [-0.1, -0.05) is 31.2 Å². The highest BCUT2D eigenvalue weighted by molar-refractivity contribution is 5.28. The number of nitrogens with one attached hydrogen (secondary N) is 1. The van der Waals surface area contributed by atoms with E-state index in [0.29, 0.717) is 6.04 Å². The Hall–Kier alpha value is -0.900. The maximum absolute atomic E-state index is 5.13. The number of methoxy groups -OCH3 is 1. The first kappa shape index (κ1) is 17.2. The number of ether oxygens (including phenoxy) is 1. The minimum atomic E-state index is 0.446. The third kappa shape index (κ3) is 6.04. The highest BCUT2D eigenvalue weighted by Crippen LogP contribution is 2.20. The summed E-state index contributed by atoms with van der Waals surface area (Å²) in [6.45, 7) is 8.36. The van der Waals surface area contributed by atoms with Gasteiger partial charge in [0.05, 0.1) is 6.61 Å². The molecule has 0 saturated carbocycles. The van der Waals surface area contributed by atoms with Gasteiger partial charge in [0.2, 0.25) is 0 Å². The van der Waals surface area contributed by atoms with E-state index in [1.165, 1.54) is 17.5 Å². The number of likely N-dealkylation sites (N-methyl/N-ethyl adjacent to an activating group) is 1. The number of rotatable bonds is 10. The summed E-state index contributed by atoms with van der Waals surface area (Å²) in [6, 6.07) is 9.14. The molecule has 0 heterocycles. The van der Waals surface area contributed by atoms with Gasteiger partial charge in [0, 0.05) is 19.7 Å². The van der Waals surface area contributed by atoms with Crippen LogP contribution >= 0.6 is 0 Å².